The monoisotopic (exact) mass is 385 g/mol. The Morgan fingerprint density at radius 1 is 1.29 bits per heavy atom. The molecule has 0 spiro atoms. The first-order valence-electron chi connectivity index (χ1n) is 7.57. The van der Waals surface area contributed by atoms with Gasteiger partial charge in [0.15, 0.2) is 15.1 Å². The number of nitrogens with zero attached hydrogens (tertiary/aromatic N) is 5. The molecule has 10 heteroatoms. The van der Waals surface area contributed by atoms with Crippen LogP contribution in [0, 0.1) is 0 Å². The van der Waals surface area contributed by atoms with E-state index in [0.29, 0.717) is 18.1 Å². The molecule has 1 aliphatic rings. The van der Waals surface area contributed by atoms with Crippen molar-refractivity contribution in [2.24, 2.45) is 7.05 Å². The van der Waals surface area contributed by atoms with Crippen LogP contribution in [-0.2, 0) is 17.1 Å². The number of fused-ring (bicyclic) bond motifs is 1. The molecule has 1 fully saturated rings. The Labute approximate surface area is 148 Å². The lowest BCUT2D eigenvalue weighted by Gasteiger charge is -2.30. The molecule has 128 valence electrons. The fraction of sp³-hybridized carbons (Fsp3) is 0.429. The lowest BCUT2D eigenvalue weighted by molar-refractivity contribution is 0.310. The van der Waals surface area contributed by atoms with Crippen molar-refractivity contribution >= 4 is 37.9 Å². The van der Waals surface area contributed by atoms with Gasteiger partial charge in [-0.1, -0.05) is 11.6 Å². The summed E-state index contributed by atoms with van der Waals surface area (Å²) in [5.41, 5.74) is 0. The summed E-state index contributed by atoms with van der Waals surface area (Å²) in [6.07, 6.45) is 6.86. The van der Waals surface area contributed by atoms with Gasteiger partial charge in [0.05, 0.1) is 0 Å². The third kappa shape index (κ3) is 2.46. The summed E-state index contributed by atoms with van der Waals surface area (Å²) in [6, 6.07) is 0. The number of hydrogen-bond donors (Lipinski definition) is 0. The lowest BCUT2D eigenvalue weighted by Crippen LogP contribution is -2.38. The van der Waals surface area contributed by atoms with Crippen LogP contribution in [0.15, 0.2) is 29.0 Å². The molecule has 0 amide bonds. The first kappa shape index (κ1) is 16.1. The molecule has 4 heterocycles. The second-order valence-corrected chi connectivity index (χ2v) is 8.92. The molecule has 24 heavy (non-hydrogen) atoms. The summed E-state index contributed by atoms with van der Waals surface area (Å²) in [5.74, 6) is 1.29. The van der Waals surface area contributed by atoms with Crippen molar-refractivity contribution in [2.75, 3.05) is 13.1 Å². The molecule has 0 aromatic carbocycles. The van der Waals surface area contributed by atoms with Gasteiger partial charge in [0.2, 0.25) is 0 Å². The van der Waals surface area contributed by atoms with Gasteiger partial charge in [-0.3, -0.25) is 4.40 Å². The minimum Gasteiger partial charge on any atom is -0.338 e. The van der Waals surface area contributed by atoms with E-state index in [1.54, 1.807) is 22.2 Å². The van der Waals surface area contributed by atoms with E-state index in [2.05, 4.69) is 9.97 Å². The van der Waals surface area contributed by atoms with Gasteiger partial charge in [0.25, 0.3) is 10.0 Å². The third-order valence-corrected chi connectivity index (χ3v) is 7.50. The van der Waals surface area contributed by atoms with Crippen molar-refractivity contribution < 1.29 is 8.42 Å². The number of hydrogen-bond acceptors (Lipinski definition) is 5. The number of sulfonamides is 1. The fourth-order valence-electron chi connectivity index (χ4n) is 3.22. The van der Waals surface area contributed by atoms with Crippen LogP contribution in [0.4, 0.5) is 0 Å². The molecule has 0 atom stereocenters. The molecule has 4 rings (SSSR count). The normalized spacial score (nSPS) is 17.8. The highest BCUT2D eigenvalue weighted by molar-refractivity contribution is 7.89. The number of halogens is 1. The number of rotatable bonds is 3. The molecule has 0 bridgehead atoms. The standard InChI is InChI=1S/C14H16ClN5O2S2/c1-18-7-4-16-12(18)10-2-5-19(6-3-10)24(21,22)13-11(15)17-14-20(13)8-9-23-14/h4,7-10H,2-3,5-6H2,1H3. The van der Waals surface area contributed by atoms with Gasteiger partial charge in [0, 0.05) is 50.0 Å². The maximum atomic E-state index is 13.0. The number of thiazole rings is 1. The molecule has 0 unspecified atom stereocenters. The summed E-state index contributed by atoms with van der Waals surface area (Å²) in [6.45, 7) is 0.904. The van der Waals surface area contributed by atoms with Gasteiger partial charge in [0.1, 0.15) is 5.82 Å². The van der Waals surface area contributed by atoms with E-state index < -0.39 is 10.0 Å². The van der Waals surface area contributed by atoms with Gasteiger partial charge >= 0.3 is 0 Å². The predicted molar refractivity (Wildman–Crippen MR) is 92.0 cm³/mol. The smallest absolute Gasteiger partial charge is 0.262 e. The fourth-order valence-corrected chi connectivity index (χ4v) is 6.09. The van der Waals surface area contributed by atoms with E-state index >= 15 is 0 Å². The zero-order chi connectivity index (χ0) is 16.9. The van der Waals surface area contributed by atoms with Gasteiger partial charge in [-0.2, -0.15) is 4.31 Å². The quantitative estimate of drug-likeness (QED) is 0.693. The average Bonchev–Trinajstić information content (AvgIpc) is 3.23. The SMILES string of the molecule is Cn1ccnc1C1CCN(S(=O)(=O)c2c(Cl)nc3sccn23)CC1. The molecule has 1 aliphatic heterocycles. The van der Waals surface area contributed by atoms with Gasteiger partial charge in [-0.05, 0) is 12.8 Å². The summed E-state index contributed by atoms with van der Waals surface area (Å²) in [4.78, 5) is 9.10. The van der Waals surface area contributed by atoms with Crippen LogP contribution >= 0.6 is 22.9 Å². The predicted octanol–water partition coefficient (Wildman–Crippen LogP) is 2.35. The molecule has 0 N–H and O–H groups in total. The zero-order valence-electron chi connectivity index (χ0n) is 13.0. The van der Waals surface area contributed by atoms with Crippen LogP contribution in [0.25, 0.3) is 4.96 Å². The highest BCUT2D eigenvalue weighted by Crippen LogP contribution is 2.32. The van der Waals surface area contributed by atoms with E-state index in [4.69, 9.17) is 11.6 Å². The molecule has 1 saturated heterocycles. The summed E-state index contributed by atoms with van der Waals surface area (Å²) < 4.78 is 31.1. The Morgan fingerprint density at radius 2 is 2.04 bits per heavy atom. The third-order valence-electron chi connectivity index (χ3n) is 4.44. The Hall–Kier alpha value is -1.42. The Kier molecular flexibility index (Phi) is 3.91. The molecule has 0 aliphatic carbocycles. The van der Waals surface area contributed by atoms with Crippen LogP contribution < -0.4 is 0 Å². The number of aromatic nitrogens is 4. The Bertz CT molecular complexity index is 982. The minimum atomic E-state index is -3.67. The van der Waals surface area contributed by atoms with Gasteiger partial charge < -0.3 is 4.57 Å². The summed E-state index contributed by atoms with van der Waals surface area (Å²) in [7, 11) is -1.70. The maximum Gasteiger partial charge on any atom is 0.262 e. The average molecular weight is 386 g/mol. The second kappa shape index (κ2) is 5.83. The van der Waals surface area contributed by atoms with Crippen molar-refractivity contribution in [3.05, 3.63) is 34.9 Å². The summed E-state index contributed by atoms with van der Waals surface area (Å²) >= 11 is 7.46. The zero-order valence-corrected chi connectivity index (χ0v) is 15.4. The van der Waals surface area contributed by atoms with Crippen molar-refractivity contribution in [3.63, 3.8) is 0 Å². The van der Waals surface area contributed by atoms with E-state index in [0.717, 1.165) is 18.7 Å². The number of aryl methyl sites for hydroxylation is 1. The Morgan fingerprint density at radius 3 is 2.71 bits per heavy atom. The lowest BCUT2D eigenvalue weighted by atomic mass is 9.97. The van der Waals surface area contributed by atoms with Crippen molar-refractivity contribution in [1.29, 1.82) is 0 Å². The second-order valence-electron chi connectivity index (χ2n) is 5.84. The van der Waals surface area contributed by atoms with Crippen LogP contribution in [0.3, 0.4) is 0 Å². The van der Waals surface area contributed by atoms with Gasteiger partial charge in [-0.25, -0.2) is 18.4 Å². The van der Waals surface area contributed by atoms with E-state index in [-0.39, 0.29) is 16.1 Å². The van der Waals surface area contributed by atoms with Crippen LogP contribution in [0.5, 0.6) is 0 Å². The first-order valence-corrected chi connectivity index (χ1v) is 10.3. The topological polar surface area (TPSA) is 72.5 Å². The molecular weight excluding hydrogens is 370 g/mol. The van der Waals surface area contributed by atoms with Crippen LogP contribution in [0.1, 0.15) is 24.6 Å². The minimum absolute atomic E-state index is 0.0353. The van der Waals surface area contributed by atoms with Crippen LogP contribution in [0.2, 0.25) is 5.15 Å². The molecule has 3 aromatic heterocycles. The van der Waals surface area contributed by atoms with Crippen molar-refractivity contribution in [2.45, 2.75) is 23.8 Å². The van der Waals surface area contributed by atoms with Gasteiger partial charge in [-0.15, -0.1) is 11.3 Å². The van der Waals surface area contributed by atoms with Crippen molar-refractivity contribution in [1.82, 2.24) is 23.2 Å². The molecule has 0 saturated carbocycles. The molecule has 3 aromatic rings. The molecular formula is C14H16ClN5O2S2. The highest BCUT2D eigenvalue weighted by Gasteiger charge is 2.35. The van der Waals surface area contributed by atoms with E-state index in [1.807, 2.05) is 17.8 Å². The first-order chi connectivity index (χ1) is 11.5. The summed E-state index contributed by atoms with van der Waals surface area (Å²) in [5, 5.41) is 1.90. The van der Waals surface area contributed by atoms with Crippen molar-refractivity contribution in [3.8, 4) is 0 Å². The maximum absolute atomic E-state index is 13.0. The molecule has 7 nitrogen and oxygen atoms in total. The number of imidazole rings is 2. The van der Waals surface area contributed by atoms with E-state index in [1.165, 1.54) is 15.6 Å². The largest absolute Gasteiger partial charge is 0.338 e. The molecule has 0 radical (unpaired) electrons. The van der Waals surface area contributed by atoms with Crippen LogP contribution in [-0.4, -0.2) is 44.7 Å². The Balaban J connectivity index is 1.60. The highest BCUT2D eigenvalue weighted by atomic mass is 35.5. The number of piperidine rings is 1. The van der Waals surface area contributed by atoms with E-state index in [9.17, 15) is 8.42 Å².